The summed E-state index contributed by atoms with van der Waals surface area (Å²) in [4.78, 5) is 20.7. The van der Waals surface area contributed by atoms with Gasteiger partial charge in [-0.3, -0.25) is 0 Å². The second-order valence-corrected chi connectivity index (χ2v) is 7.82. The first kappa shape index (κ1) is 18.5. The zero-order valence-corrected chi connectivity index (χ0v) is 16.9. The van der Waals surface area contributed by atoms with E-state index in [9.17, 15) is 5.26 Å². The Morgan fingerprint density at radius 3 is 2.39 bits per heavy atom. The topological polar surface area (TPSA) is 72.2 Å². The molecular weight excluding hydrogens is 350 g/mol. The van der Waals surface area contributed by atoms with E-state index in [1.54, 1.807) is 0 Å². The second-order valence-electron chi connectivity index (χ2n) is 7.82. The van der Waals surface area contributed by atoms with Crippen LogP contribution in [0.25, 0.3) is 0 Å². The molecule has 146 valence electrons. The highest BCUT2D eigenvalue weighted by atomic mass is 15.3. The fraction of sp³-hybridized carbons (Fsp3) is 0.524. The van der Waals surface area contributed by atoms with Gasteiger partial charge < -0.3 is 14.7 Å². The maximum Gasteiger partial charge on any atom is 0.227 e. The molecule has 7 heteroatoms. The highest BCUT2D eigenvalue weighted by molar-refractivity contribution is 5.57. The van der Waals surface area contributed by atoms with E-state index in [1.807, 2.05) is 32.0 Å². The summed E-state index contributed by atoms with van der Waals surface area (Å²) in [6.07, 6.45) is 4.46. The van der Waals surface area contributed by atoms with Crippen molar-refractivity contribution in [2.45, 2.75) is 32.6 Å². The molecule has 0 N–H and O–H groups in total. The maximum atomic E-state index is 9.64. The Morgan fingerprint density at radius 2 is 1.68 bits per heavy atom. The molecule has 0 aromatic carbocycles. The summed E-state index contributed by atoms with van der Waals surface area (Å²) < 4.78 is 0. The van der Waals surface area contributed by atoms with Crippen molar-refractivity contribution in [3.63, 3.8) is 0 Å². The summed E-state index contributed by atoms with van der Waals surface area (Å²) in [5.41, 5.74) is 4.12. The minimum atomic E-state index is 0.704. The van der Waals surface area contributed by atoms with Crippen LogP contribution in [0.15, 0.2) is 12.1 Å². The number of anilines is 3. The van der Waals surface area contributed by atoms with Gasteiger partial charge in [0.05, 0.1) is 5.56 Å². The predicted octanol–water partition coefficient (Wildman–Crippen LogP) is 2.32. The fourth-order valence-electron chi connectivity index (χ4n) is 3.97. The van der Waals surface area contributed by atoms with Crippen LogP contribution in [0.3, 0.4) is 0 Å². The fourth-order valence-corrected chi connectivity index (χ4v) is 3.97. The van der Waals surface area contributed by atoms with Crippen LogP contribution in [0.1, 0.15) is 35.4 Å². The van der Waals surface area contributed by atoms with E-state index >= 15 is 0 Å². The van der Waals surface area contributed by atoms with Gasteiger partial charge in [-0.05, 0) is 44.2 Å². The molecule has 0 atom stereocenters. The van der Waals surface area contributed by atoms with Gasteiger partial charge in [-0.1, -0.05) is 0 Å². The van der Waals surface area contributed by atoms with Crippen molar-refractivity contribution in [3.8, 4) is 6.07 Å². The Bertz CT molecular complexity index is 908. The van der Waals surface area contributed by atoms with Gasteiger partial charge in [0, 0.05) is 57.7 Å². The van der Waals surface area contributed by atoms with Gasteiger partial charge in [-0.2, -0.15) is 10.2 Å². The molecule has 0 radical (unpaired) electrons. The van der Waals surface area contributed by atoms with Gasteiger partial charge in [0.15, 0.2) is 0 Å². The number of pyridine rings is 1. The van der Waals surface area contributed by atoms with Gasteiger partial charge in [0.2, 0.25) is 5.95 Å². The van der Waals surface area contributed by atoms with Crippen LogP contribution in [-0.2, 0) is 12.8 Å². The van der Waals surface area contributed by atoms with Crippen molar-refractivity contribution >= 4 is 17.6 Å². The SMILES string of the molecule is Cc1cc(N(C)C)nc(N2CCN(c3nc4c(cc3C#N)CCCC4)CC2)n1. The first-order chi connectivity index (χ1) is 13.5. The maximum absolute atomic E-state index is 9.64. The van der Waals surface area contributed by atoms with Crippen LogP contribution in [0.2, 0.25) is 0 Å². The zero-order chi connectivity index (χ0) is 19.7. The first-order valence-electron chi connectivity index (χ1n) is 10.0. The summed E-state index contributed by atoms with van der Waals surface area (Å²) in [6, 6.07) is 6.43. The molecule has 7 nitrogen and oxygen atoms in total. The average Bonchev–Trinajstić information content (AvgIpc) is 2.72. The third-order valence-electron chi connectivity index (χ3n) is 5.55. The molecule has 0 unspecified atom stereocenters. The minimum Gasteiger partial charge on any atom is -0.363 e. The van der Waals surface area contributed by atoms with Gasteiger partial charge in [0.1, 0.15) is 17.7 Å². The number of aromatic nitrogens is 3. The molecule has 1 aliphatic heterocycles. The van der Waals surface area contributed by atoms with Gasteiger partial charge in [-0.25, -0.2) is 9.97 Å². The Morgan fingerprint density at radius 1 is 0.964 bits per heavy atom. The summed E-state index contributed by atoms with van der Waals surface area (Å²) in [5, 5.41) is 9.64. The number of fused-ring (bicyclic) bond motifs is 1. The Kier molecular flexibility index (Phi) is 5.03. The van der Waals surface area contributed by atoms with Crippen molar-refractivity contribution in [2.75, 3.05) is 55.0 Å². The molecule has 28 heavy (non-hydrogen) atoms. The summed E-state index contributed by atoms with van der Waals surface area (Å²) in [5.74, 6) is 2.55. The first-order valence-corrected chi connectivity index (χ1v) is 10.0. The molecule has 2 aromatic heterocycles. The average molecular weight is 377 g/mol. The molecule has 1 aliphatic carbocycles. The van der Waals surface area contributed by atoms with Gasteiger partial charge in [-0.15, -0.1) is 0 Å². The van der Waals surface area contributed by atoms with Crippen LogP contribution in [-0.4, -0.2) is 55.2 Å². The van der Waals surface area contributed by atoms with Crippen molar-refractivity contribution in [1.82, 2.24) is 15.0 Å². The number of aryl methyl sites for hydroxylation is 3. The Balaban J connectivity index is 1.53. The molecule has 1 saturated heterocycles. The van der Waals surface area contributed by atoms with Crippen molar-refractivity contribution in [2.24, 2.45) is 0 Å². The molecule has 1 fully saturated rings. The lowest BCUT2D eigenvalue weighted by Gasteiger charge is -2.36. The van der Waals surface area contributed by atoms with Gasteiger partial charge in [0.25, 0.3) is 0 Å². The van der Waals surface area contributed by atoms with E-state index < -0.39 is 0 Å². The van der Waals surface area contributed by atoms with Crippen molar-refractivity contribution < 1.29 is 0 Å². The molecule has 0 amide bonds. The van der Waals surface area contributed by atoms with E-state index in [2.05, 4.69) is 26.9 Å². The molecular formula is C21H27N7. The molecule has 0 saturated carbocycles. The Hall–Kier alpha value is -2.88. The monoisotopic (exact) mass is 377 g/mol. The second kappa shape index (κ2) is 7.63. The normalized spacial score (nSPS) is 16.5. The number of piperazine rings is 1. The third-order valence-corrected chi connectivity index (χ3v) is 5.55. The predicted molar refractivity (Wildman–Crippen MR) is 111 cm³/mol. The number of rotatable bonds is 3. The highest BCUT2D eigenvalue weighted by Gasteiger charge is 2.24. The van der Waals surface area contributed by atoms with E-state index in [1.165, 1.54) is 24.1 Å². The number of hydrogen-bond acceptors (Lipinski definition) is 7. The van der Waals surface area contributed by atoms with Crippen molar-refractivity contribution in [3.05, 3.63) is 34.6 Å². The van der Waals surface area contributed by atoms with E-state index in [4.69, 9.17) is 9.97 Å². The van der Waals surface area contributed by atoms with Gasteiger partial charge >= 0.3 is 0 Å². The molecule has 3 heterocycles. The standard InChI is InChI=1S/C21H27N7/c1-15-12-19(26(2)3)25-21(23-15)28-10-8-27(9-11-28)20-17(14-22)13-16-6-4-5-7-18(16)24-20/h12-13H,4-11H2,1-3H3. The smallest absolute Gasteiger partial charge is 0.227 e. The number of nitrogens with zero attached hydrogens (tertiary/aromatic N) is 7. The Labute approximate surface area is 166 Å². The van der Waals surface area contributed by atoms with Crippen LogP contribution in [0.5, 0.6) is 0 Å². The number of nitriles is 1. The molecule has 4 rings (SSSR count). The largest absolute Gasteiger partial charge is 0.363 e. The van der Waals surface area contributed by atoms with E-state index in [0.29, 0.717) is 5.56 Å². The third kappa shape index (κ3) is 3.59. The summed E-state index contributed by atoms with van der Waals surface area (Å²) in [7, 11) is 3.99. The van der Waals surface area contributed by atoms with Crippen LogP contribution in [0, 0.1) is 18.3 Å². The lowest BCUT2D eigenvalue weighted by Crippen LogP contribution is -2.47. The lowest BCUT2D eigenvalue weighted by atomic mass is 9.95. The zero-order valence-electron chi connectivity index (χ0n) is 16.9. The van der Waals surface area contributed by atoms with E-state index in [-0.39, 0.29) is 0 Å². The lowest BCUT2D eigenvalue weighted by molar-refractivity contribution is 0.624. The van der Waals surface area contributed by atoms with Crippen molar-refractivity contribution in [1.29, 1.82) is 5.26 Å². The minimum absolute atomic E-state index is 0.704. The van der Waals surface area contributed by atoms with Crippen LogP contribution in [0.4, 0.5) is 17.6 Å². The van der Waals surface area contributed by atoms with Crippen LogP contribution < -0.4 is 14.7 Å². The summed E-state index contributed by atoms with van der Waals surface area (Å²) in [6.45, 7) is 5.27. The number of hydrogen-bond donors (Lipinski definition) is 0. The van der Waals surface area contributed by atoms with Crippen LogP contribution >= 0.6 is 0 Å². The highest BCUT2D eigenvalue weighted by Crippen LogP contribution is 2.27. The van der Waals surface area contributed by atoms with E-state index in [0.717, 1.165) is 62.3 Å². The quantitative estimate of drug-likeness (QED) is 0.813. The molecule has 2 aromatic rings. The molecule has 2 aliphatic rings. The molecule has 0 bridgehead atoms. The molecule has 0 spiro atoms. The summed E-state index contributed by atoms with van der Waals surface area (Å²) >= 11 is 0.